The molecule has 0 aliphatic heterocycles. The van der Waals surface area contributed by atoms with E-state index < -0.39 is 21.5 Å². The molecule has 7 nitrogen and oxygen atoms in total. The maximum atomic E-state index is 11.2. The van der Waals surface area contributed by atoms with Crippen molar-refractivity contribution in [2.45, 2.75) is 26.4 Å². The number of hydrogen-bond donors (Lipinski definition) is 2. The van der Waals surface area contributed by atoms with Crippen LogP contribution >= 0.6 is 0 Å². The predicted octanol–water partition coefficient (Wildman–Crippen LogP) is -0.0652. The summed E-state index contributed by atoms with van der Waals surface area (Å²) in [6.45, 7) is 5.38. The minimum Gasteiger partial charge on any atom is -0.444 e. The Hall–Kier alpha value is -0.860. The molecular weight excluding hydrogens is 274 g/mol. The molecule has 0 aromatic carbocycles. The molecule has 114 valence electrons. The molecule has 0 fully saturated rings. The van der Waals surface area contributed by atoms with E-state index in [0.717, 1.165) is 0 Å². The van der Waals surface area contributed by atoms with Gasteiger partial charge in [-0.1, -0.05) is 0 Å². The van der Waals surface area contributed by atoms with Gasteiger partial charge in [0.2, 0.25) is 0 Å². The Morgan fingerprint density at radius 3 is 2.37 bits per heavy atom. The van der Waals surface area contributed by atoms with Gasteiger partial charge in [0.05, 0.1) is 31.3 Å². The summed E-state index contributed by atoms with van der Waals surface area (Å²) in [4.78, 5) is 11.2. The van der Waals surface area contributed by atoms with Crippen LogP contribution in [0.3, 0.4) is 0 Å². The van der Waals surface area contributed by atoms with Crippen LogP contribution in [-0.4, -0.2) is 63.1 Å². The molecule has 0 aromatic heterocycles. The van der Waals surface area contributed by atoms with E-state index in [1.54, 1.807) is 20.8 Å². The van der Waals surface area contributed by atoms with Gasteiger partial charge in [0.15, 0.2) is 9.84 Å². The maximum absolute atomic E-state index is 11.2. The van der Waals surface area contributed by atoms with E-state index in [1.807, 2.05) is 0 Å². The van der Waals surface area contributed by atoms with Crippen molar-refractivity contribution in [3.63, 3.8) is 0 Å². The average Bonchev–Trinajstić information content (AvgIpc) is 2.20. The van der Waals surface area contributed by atoms with Crippen molar-refractivity contribution in [2.24, 2.45) is 0 Å². The fraction of sp³-hybridized carbons (Fsp3) is 0.909. The second-order valence-electron chi connectivity index (χ2n) is 4.92. The van der Waals surface area contributed by atoms with Crippen molar-refractivity contribution >= 4 is 15.9 Å². The number of amides is 1. The highest BCUT2D eigenvalue weighted by Crippen LogP contribution is 2.05. The Morgan fingerprint density at radius 2 is 1.84 bits per heavy atom. The number of carbonyl (C=O) groups is 1. The van der Waals surface area contributed by atoms with E-state index in [0.29, 0.717) is 0 Å². The number of nitrogens with one attached hydrogen (secondary N) is 1. The van der Waals surface area contributed by atoms with Crippen LogP contribution < -0.4 is 5.32 Å². The first-order valence-corrected chi connectivity index (χ1v) is 7.84. The summed E-state index contributed by atoms with van der Waals surface area (Å²) in [5.41, 5.74) is -0.552. The van der Waals surface area contributed by atoms with E-state index in [4.69, 9.17) is 14.6 Å². The highest BCUT2D eigenvalue weighted by molar-refractivity contribution is 7.91. The molecular formula is C11H23NO6S. The minimum atomic E-state index is -3.25. The van der Waals surface area contributed by atoms with Crippen LogP contribution in [0.5, 0.6) is 0 Å². The van der Waals surface area contributed by atoms with Crippen LogP contribution in [0.25, 0.3) is 0 Å². The van der Waals surface area contributed by atoms with E-state index >= 15 is 0 Å². The molecule has 0 aliphatic carbocycles. The zero-order valence-electron chi connectivity index (χ0n) is 11.6. The third kappa shape index (κ3) is 11.9. The van der Waals surface area contributed by atoms with Gasteiger partial charge >= 0.3 is 6.09 Å². The summed E-state index contributed by atoms with van der Waals surface area (Å²) in [5, 5.41) is 11.0. The minimum absolute atomic E-state index is 0.0400. The molecule has 1 amide bonds. The molecule has 0 aromatic rings. The largest absolute Gasteiger partial charge is 0.444 e. The lowest BCUT2D eigenvalue weighted by Crippen LogP contribution is -2.34. The number of hydrogen-bond acceptors (Lipinski definition) is 6. The van der Waals surface area contributed by atoms with Gasteiger partial charge in [-0.15, -0.1) is 0 Å². The molecule has 0 saturated carbocycles. The lowest BCUT2D eigenvalue weighted by Gasteiger charge is -2.19. The Morgan fingerprint density at radius 1 is 1.21 bits per heavy atom. The molecule has 8 heteroatoms. The van der Waals surface area contributed by atoms with E-state index in [1.165, 1.54) is 0 Å². The highest BCUT2D eigenvalue weighted by Gasteiger charge is 2.15. The van der Waals surface area contributed by atoms with Gasteiger partial charge in [0, 0.05) is 6.54 Å². The molecule has 2 N–H and O–H groups in total. The van der Waals surface area contributed by atoms with Crippen molar-refractivity contribution in [1.29, 1.82) is 0 Å². The van der Waals surface area contributed by atoms with Crippen LogP contribution in [0.15, 0.2) is 0 Å². The zero-order valence-corrected chi connectivity index (χ0v) is 12.5. The number of alkyl carbamates (subject to hydrolysis) is 1. The summed E-state index contributed by atoms with van der Waals surface area (Å²) in [6.07, 6.45) is -0.538. The van der Waals surface area contributed by atoms with Crippen molar-refractivity contribution in [1.82, 2.24) is 5.32 Å². The van der Waals surface area contributed by atoms with Crippen LogP contribution in [0, 0.1) is 0 Å². The van der Waals surface area contributed by atoms with Gasteiger partial charge in [0.25, 0.3) is 0 Å². The molecule has 0 rings (SSSR count). The van der Waals surface area contributed by atoms with E-state index in [-0.39, 0.29) is 37.9 Å². The molecule has 0 bridgehead atoms. The summed E-state index contributed by atoms with van der Waals surface area (Å²) in [6, 6.07) is 0. The number of aliphatic hydroxyl groups is 1. The van der Waals surface area contributed by atoms with Gasteiger partial charge in [0.1, 0.15) is 5.60 Å². The normalized spacial score (nSPS) is 12.2. The number of carbonyl (C=O) groups excluding carboxylic acids is 1. The SMILES string of the molecule is CC(C)(C)OC(=O)NCCOCCS(=O)(=O)CCO. The third-order valence-corrected chi connectivity index (χ3v) is 3.45. The third-order valence-electron chi connectivity index (χ3n) is 1.86. The molecule has 0 saturated heterocycles. The smallest absolute Gasteiger partial charge is 0.407 e. The highest BCUT2D eigenvalue weighted by atomic mass is 32.2. The van der Waals surface area contributed by atoms with E-state index in [9.17, 15) is 13.2 Å². The lowest BCUT2D eigenvalue weighted by molar-refractivity contribution is 0.0503. The second-order valence-corrected chi connectivity index (χ2v) is 7.22. The Kier molecular flexibility index (Phi) is 7.96. The molecule has 0 radical (unpaired) electrons. The number of rotatable bonds is 8. The quantitative estimate of drug-likeness (QED) is 0.608. The summed E-state index contributed by atoms with van der Waals surface area (Å²) >= 11 is 0. The van der Waals surface area contributed by atoms with Gasteiger partial charge < -0.3 is 19.9 Å². The maximum Gasteiger partial charge on any atom is 0.407 e. The van der Waals surface area contributed by atoms with Crippen LogP contribution in [0.1, 0.15) is 20.8 Å². The first-order chi connectivity index (χ1) is 8.66. The topological polar surface area (TPSA) is 102 Å². The van der Waals surface area contributed by atoms with Crippen LogP contribution in [0.2, 0.25) is 0 Å². The van der Waals surface area contributed by atoms with Crippen LogP contribution in [0.4, 0.5) is 4.79 Å². The van der Waals surface area contributed by atoms with Crippen LogP contribution in [-0.2, 0) is 19.3 Å². The first-order valence-electron chi connectivity index (χ1n) is 6.02. The fourth-order valence-corrected chi connectivity index (χ4v) is 1.92. The fourth-order valence-electron chi connectivity index (χ4n) is 1.07. The van der Waals surface area contributed by atoms with Crippen molar-refractivity contribution in [3.8, 4) is 0 Å². The van der Waals surface area contributed by atoms with Crippen molar-refractivity contribution in [3.05, 3.63) is 0 Å². The van der Waals surface area contributed by atoms with Gasteiger partial charge in [-0.2, -0.15) is 0 Å². The monoisotopic (exact) mass is 297 g/mol. The zero-order chi connectivity index (χ0) is 14.9. The Balaban J connectivity index is 3.59. The molecule has 0 spiro atoms. The number of ether oxygens (including phenoxy) is 2. The molecule has 19 heavy (non-hydrogen) atoms. The number of sulfone groups is 1. The number of aliphatic hydroxyl groups excluding tert-OH is 1. The average molecular weight is 297 g/mol. The predicted molar refractivity (Wildman–Crippen MR) is 70.8 cm³/mol. The van der Waals surface area contributed by atoms with Crippen molar-refractivity contribution < 1.29 is 27.8 Å². The van der Waals surface area contributed by atoms with Gasteiger partial charge in [-0.05, 0) is 20.8 Å². The summed E-state index contributed by atoms with van der Waals surface area (Å²) < 4.78 is 32.5. The van der Waals surface area contributed by atoms with Crippen molar-refractivity contribution in [2.75, 3.05) is 37.9 Å². The lowest BCUT2D eigenvalue weighted by atomic mass is 10.2. The summed E-state index contributed by atoms with van der Waals surface area (Å²) in [5.74, 6) is -0.396. The molecule has 0 atom stereocenters. The first kappa shape index (κ1) is 18.1. The van der Waals surface area contributed by atoms with Gasteiger partial charge in [-0.3, -0.25) is 0 Å². The standard InChI is InChI=1S/C11H23NO6S/c1-11(2,3)18-10(14)12-4-6-17-7-9-19(15,16)8-5-13/h13H,4-9H2,1-3H3,(H,12,14). The van der Waals surface area contributed by atoms with E-state index in [2.05, 4.69) is 5.32 Å². The Labute approximate surface area is 114 Å². The van der Waals surface area contributed by atoms with Gasteiger partial charge in [-0.25, -0.2) is 13.2 Å². The molecule has 0 heterocycles. The summed E-state index contributed by atoms with van der Waals surface area (Å²) in [7, 11) is -3.25. The second kappa shape index (κ2) is 8.34. The Bertz CT molecular complexity index is 360. The molecule has 0 unspecified atom stereocenters. The molecule has 0 aliphatic rings.